The van der Waals surface area contributed by atoms with Crippen molar-refractivity contribution in [3.8, 4) is 0 Å². The van der Waals surface area contributed by atoms with E-state index < -0.39 is 0 Å². The number of nitrogens with zero attached hydrogens (tertiary/aromatic N) is 3. The minimum Gasteiger partial charge on any atom is -0.311 e. The molecule has 0 aliphatic carbocycles. The van der Waals surface area contributed by atoms with Crippen LogP contribution in [0.1, 0.15) is 50.9 Å². The van der Waals surface area contributed by atoms with Crippen molar-refractivity contribution in [2.45, 2.75) is 59.0 Å². The highest BCUT2D eigenvalue weighted by atomic mass is 15.3. The molecule has 1 aromatic heterocycles. The summed E-state index contributed by atoms with van der Waals surface area (Å²) >= 11 is 0. The van der Waals surface area contributed by atoms with E-state index in [4.69, 9.17) is 0 Å². The third-order valence-corrected chi connectivity index (χ3v) is 4.16. The monoisotopic (exact) mass is 278 g/mol. The molecule has 2 heterocycles. The molecule has 0 spiro atoms. The minimum absolute atomic E-state index is 0.945. The van der Waals surface area contributed by atoms with Gasteiger partial charge in [-0.2, -0.15) is 5.10 Å². The second-order valence-corrected chi connectivity index (χ2v) is 5.73. The summed E-state index contributed by atoms with van der Waals surface area (Å²) in [6, 6.07) is 2.24. The third-order valence-electron chi connectivity index (χ3n) is 4.16. The van der Waals surface area contributed by atoms with E-state index in [1.54, 1.807) is 0 Å². The first-order chi connectivity index (χ1) is 9.83. The van der Waals surface area contributed by atoms with Crippen LogP contribution in [0, 0.1) is 0 Å². The Morgan fingerprint density at radius 3 is 2.70 bits per heavy atom. The summed E-state index contributed by atoms with van der Waals surface area (Å²) < 4.78 is 2.12. The average molecular weight is 278 g/mol. The van der Waals surface area contributed by atoms with Gasteiger partial charge in [0, 0.05) is 13.1 Å². The smallest absolute Gasteiger partial charge is 0.0625 e. The molecule has 1 saturated heterocycles. The molecular formula is C16H30N4. The van der Waals surface area contributed by atoms with Crippen molar-refractivity contribution in [1.82, 2.24) is 20.0 Å². The lowest BCUT2D eigenvalue weighted by Gasteiger charge is -2.26. The molecule has 1 aromatic rings. The van der Waals surface area contributed by atoms with Crippen molar-refractivity contribution in [3.05, 3.63) is 17.5 Å². The van der Waals surface area contributed by atoms with Crippen LogP contribution in [-0.2, 0) is 19.5 Å². The van der Waals surface area contributed by atoms with Crippen LogP contribution in [0.15, 0.2) is 6.07 Å². The van der Waals surface area contributed by atoms with Crippen molar-refractivity contribution in [3.63, 3.8) is 0 Å². The maximum absolute atomic E-state index is 4.59. The Bertz CT molecular complexity index is 380. The molecule has 0 aromatic carbocycles. The van der Waals surface area contributed by atoms with Crippen molar-refractivity contribution in [2.75, 3.05) is 26.2 Å². The molecule has 0 atom stereocenters. The zero-order valence-electron chi connectivity index (χ0n) is 13.2. The molecule has 0 bridgehead atoms. The summed E-state index contributed by atoms with van der Waals surface area (Å²) in [5, 5.41) is 8.15. The van der Waals surface area contributed by atoms with E-state index in [2.05, 4.69) is 39.9 Å². The molecular weight excluding hydrogens is 248 g/mol. The van der Waals surface area contributed by atoms with E-state index in [1.165, 1.54) is 56.7 Å². The summed E-state index contributed by atoms with van der Waals surface area (Å²) in [5.41, 5.74) is 2.53. The summed E-state index contributed by atoms with van der Waals surface area (Å²) in [5.74, 6) is 0. The molecule has 1 aliphatic rings. The van der Waals surface area contributed by atoms with Gasteiger partial charge in [-0.05, 0) is 64.9 Å². The lowest BCUT2D eigenvalue weighted by molar-refractivity contribution is 0.225. The van der Waals surface area contributed by atoms with E-state index >= 15 is 0 Å². The Morgan fingerprint density at radius 2 is 2.00 bits per heavy atom. The fourth-order valence-electron chi connectivity index (χ4n) is 2.93. The van der Waals surface area contributed by atoms with Crippen LogP contribution >= 0.6 is 0 Å². The Balaban J connectivity index is 1.63. The van der Waals surface area contributed by atoms with Crippen molar-refractivity contribution >= 4 is 0 Å². The standard InChI is InChI=1S/C16H30N4/c1-3-15-13-16(20(4-2)18-15)14-17-9-8-12-19-10-6-5-7-11-19/h13,17H,3-12,14H2,1-2H3. The molecule has 0 radical (unpaired) electrons. The van der Waals surface area contributed by atoms with Crippen LogP contribution in [0.25, 0.3) is 0 Å². The number of likely N-dealkylation sites (tertiary alicyclic amines) is 1. The largest absolute Gasteiger partial charge is 0.311 e. The second-order valence-electron chi connectivity index (χ2n) is 5.73. The first-order valence-electron chi connectivity index (χ1n) is 8.32. The summed E-state index contributed by atoms with van der Waals surface area (Å²) in [4.78, 5) is 2.61. The first kappa shape index (κ1) is 15.5. The molecule has 4 nitrogen and oxygen atoms in total. The van der Waals surface area contributed by atoms with Crippen LogP contribution in [0.5, 0.6) is 0 Å². The summed E-state index contributed by atoms with van der Waals surface area (Å²) in [7, 11) is 0. The van der Waals surface area contributed by atoms with Crippen LogP contribution in [-0.4, -0.2) is 40.9 Å². The molecule has 2 rings (SSSR count). The zero-order valence-corrected chi connectivity index (χ0v) is 13.2. The number of aromatic nitrogens is 2. The van der Waals surface area contributed by atoms with Gasteiger partial charge in [0.1, 0.15) is 0 Å². The van der Waals surface area contributed by atoms with E-state index in [0.29, 0.717) is 0 Å². The van der Waals surface area contributed by atoms with Gasteiger partial charge in [-0.25, -0.2) is 0 Å². The number of hydrogen-bond donors (Lipinski definition) is 1. The summed E-state index contributed by atoms with van der Waals surface area (Å²) in [6.07, 6.45) is 6.48. The molecule has 1 fully saturated rings. The lowest BCUT2D eigenvalue weighted by Crippen LogP contribution is -2.32. The fourth-order valence-corrected chi connectivity index (χ4v) is 2.93. The SMILES string of the molecule is CCc1cc(CNCCCN2CCCCC2)n(CC)n1. The van der Waals surface area contributed by atoms with Crippen LogP contribution in [0.4, 0.5) is 0 Å². The van der Waals surface area contributed by atoms with Gasteiger partial charge in [-0.1, -0.05) is 13.3 Å². The highest BCUT2D eigenvalue weighted by Crippen LogP contribution is 2.08. The minimum atomic E-state index is 0.945. The van der Waals surface area contributed by atoms with Crippen LogP contribution < -0.4 is 5.32 Å². The number of hydrogen-bond acceptors (Lipinski definition) is 3. The molecule has 1 aliphatic heterocycles. The van der Waals surface area contributed by atoms with Crippen molar-refractivity contribution < 1.29 is 0 Å². The van der Waals surface area contributed by atoms with E-state index in [-0.39, 0.29) is 0 Å². The molecule has 1 N–H and O–H groups in total. The molecule has 0 saturated carbocycles. The maximum atomic E-state index is 4.59. The van der Waals surface area contributed by atoms with Gasteiger partial charge in [-0.3, -0.25) is 4.68 Å². The van der Waals surface area contributed by atoms with Gasteiger partial charge in [0.15, 0.2) is 0 Å². The average Bonchev–Trinajstić information content (AvgIpc) is 2.90. The van der Waals surface area contributed by atoms with Gasteiger partial charge in [-0.15, -0.1) is 0 Å². The van der Waals surface area contributed by atoms with Gasteiger partial charge in [0.2, 0.25) is 0 Å². The fraction of sp³-hybridized carbons (Fsp3) is 0.812. The quantitative estimate of drug-likeness (QED) is 0.741. The molecule has 0 unspecified atom stereocenters. The van der Waals surface area contributed by atoms with Gasteiger partial charge in [0.05, 0.1) is 11.4 Å². The second kappa shape index (κ2) is 8.42. The number of aryl methyl sites for hydroxylation is 2. The van der Waals surface area contributed by atoms with E-state index in [0.717, 1.165) is 26.1 Å². The molecule has 114 valence electrons. The highest BCUT2D eigenvalue weighted by Gasteiger charge is 2.09. The van der Waals surface area contributed by atoms with Crippen LogP contribution in [0.2, 0.25) is 0 Å². The number of piperidine rings is 1. The molecule has 20 heavy (non-hydrogen) atoms. The van der Waals surface area contributed by atoms with Gasteiger partial charge >= 0.3 is 0 Å². The van der Waals surface area contributed by atoms with Crippen molar-refractivity contribution in [1.29, 1.82) is 0 Å². The van der Waals surface area contributed by atoms with Crippen LogP contribution in [0.3, 0.4) is 0 Å². The van der Waals surface area contributed by atoms with Crippen molar-refractivity contribution in [2.24, 2.45) is 0 Å². The summed E-state index contributed by atoms with van der Waals surface area (Å²) in [6.45, 7) is 11.2. The number of nitrogens with one attached hydrogen (secondary N) is 1. The highest BCUT2D eigenvalue weighted by molar-refractivity contribution is 5.10. The van der Waals surface area contributed by atoms with Gasteiger partial charge < -0.3 is 10.2 Å². The predicted molar refractivity (Wildman–Crippen MR) is 83.9 cm³/mol. The number of rotatable bonds is 8. The third kappa shape index (κ3) is 4.60. The Kier molecular flexibility index (Phi) is 6.54. The lowest BCUT2D eigenvalue weighted by atomic mass is 10.1. The zero-order chi connectivity index (χ0) is 14.2. The molecule has 4 heteroatoms. The normalized spacial score (nSPS) is 16.7. The molecule has 0 amide bonds. The predicted octanol–water partition coefficient (Wildman–Crippen LogP) is 2.43. The van der Waals surface area contributed by atoms with E-state index in [9.17, 15) is 0 Å². The maximum Gasteiger partial charge on any atom is 0.0625 e. The Labute approximate surface area is 123 Å². The Hall–Kier alpha value is -0.870. The Morgan fingerprint density at radius 1 is 1.20 bits per heavy atom. The van der Waals surface area contributed by atoms with Gasteiger partial charge in [0.25, 0.3) is 0 Å². The topological polar surface area (TPSA) is 33.1 Å². The van der Waals surface area contributed by atoms with E-state index in [1.807, 2.05) is 0 Å². The first-order valence-corrected chi connectivity index (χ1v) is 8.32.